The van der Waals surface area contributed by atoms with Crippen molar-refractivity contribution in [3.05, 3.63) is 64.4 Å². The zero-order valence-electron chi connectivity index (χ0n) is 19.0. The smallest absolute Gasteiger partial charge is 0.342 e. The van der Waals surface area contributed by atoms with Gasteiger partial charge >= 0.3 is 6.18 Å². The summed E-state index contributed by atoms with van der Waals surface area (Å²) in [7, 11) is 0. The summed E-state index contributed by atoms with van der Waals surface area (Å²) >= 11 is 11.6. The lowest BCUT2D eigenvalue weighted by molar-refractivity contribution is -0.137. The van der Waals surface area contributed by atoms with E-state index in [9.17, 15) is 17.6 Å². The van der Waals surface area contributed by atoms with E-state index in [1.165, 1.54) is 24.3 Å². The Morgan fingerprint density at radius 1 is 1.09 bits per heavy atom. The van der Waals surface area contributed by atoms with Crippen LogP contribution >= 0.6 is 23.8 Å². The topological polar surface area (TPSA) is 27.3 Å². The average Bonchev–Trinajstić information content (AvgIpc) is 2.64. The van der Waals surface area contributed by atoms with E-state index < -0.39 is 16.8 Å². The number of thiocarbonyl (C=S) groups is 1. The second-order valence-corrected chi connectivity index (χ2v) is 10.6. The third-order valence-corrected chi connectivity index (χ3v) is 6.31. The number of piperidine rings is 1. The summed E-state index contributed by atoms with van der Waals surface area (Å²) in [5.41, 5.74) is 0.0435. The molecule has 2 aromatic carbocycles. The molecular formula is C24H28ClF4N3S. The number of hydrogen-bond acceptors (Lipinski definition) is 2. The minimum atomic E-state index is -4.53. The summed E-state index contributed by atoms with van der Waals surface area (Å²) in [6.45, 7) is 8.94. The van der Waals surface area contributed by atoms with Gasteiger partial charge in [0.1, 0.15) is 5.82 Å². The zero-order valence-corrected chi connectivity index (χ0v) is 20.6. The largest absolute Gasteiger partial charge is 0.417 e. The maximum atomic E-state index is 13.4. The van der Waals surface area contributed by atoms with Gasteiger partial charge in [-0.2, -0.15) is 13.2 Å². The molecule has 0 amide bonds. The van der Waals surface area contributed by atoms with Gasteiger partial charge in [0.05, 0.1) is 10.6 Å². The van der Waals surface area contributed by atoms with Crippen LogP contribution in [0.25, 0.3) is 0 Å². The number of anilines is 1. The summed E-state index contributed by atoms with van der Waals surface area (Å²) in [6, 6.07) is 9.73. The molecule has 0 spiro atoms. The summed E-state index contributed by atoms with van der Waals surface area (Å²) in [6.07, 6.45) is -2.93. The van der Waals surface area contributed by atoms with Crippen LogP contribution in [-0.2, 0) is 12.7 Å². The minimum absolute atomic E-state index is 0.0474. The molecule has 1 saturated heterocycles. The standard InChI is InChI=1S/C24H28ClF4N3S/c1-22(2)12-18(13-23(3,4)31-22)32(14-15-5-7-16(26)8-6-15)21(33)30-17-9-10-19(20(25)11-17)24(27,28)29/h5-11,18,31H,12-14H2,1-4H3,(H,30,33). The van der Waals surface area contributed by atoms with E-state index in [-0.39, 0.29) is 22.9 Å². The third kappa shape index (κ3) is 6.80. The van der Waals surface area contributed by atoms with Gasteiger partial charge in [-0.05, 0) is 88.6 Å². The van der Waals surface area contributed by atoms with Crippen molar-refractivity contribution >= 4 is 34.6 Å². The van der Waals surface area contributed by atoms with Crippen LogP contribution in [0.5, 0.6) is 0 Å². The molecule has 2 aromatic rings. The first-order chi connectivity index (χ1) is 15.2. The molecular weight excluding hydrogens is 474 g/mol. The van der Waals surface area contributed by atoms with Crippen LogP contribution in [0.3, 0.4) is 0 Å². The lowest BCUT2D eigenvalue weighted by Crippen LogP contribution is -2.63. The Balaban J connectivity index is 1.89. The lowest BCUT2D eigenvalue weighted by Gasteiger charge is -2.50. The number of rotatable bonds is 4. The SMILES string of the molecule is CC1(C)CC(N(Cc2ccc(F)cc2)C(=S)Nc2ccc(C(F)(F)F)c(Cl)c2)CC(C)(C)N1. The van der Waals surface area contributed by atoms with Gasteiger partial charge in [-0.25, -0.2) is 4.39 Å². The second kappa shape index (κ2) is 9.39. The quantitative estimate of drug-likeness (QED) is 0.348. The number of hydrogen-bond donors (Lipinski definition) is 2. The van der Waals surface area contributed by atoms with Crippen molar-refractivity contribution in [2.24, 2.45) is 0 Å². The molecule has 3 rings (SSSR count). The van der Waals surface area contributed by atoms with Crippen molar-refractivity contribution in [3.63, 3.8) is 0 Å². The Kier molecular flexibility index (Phi) is 7.32. The second-order valence-electron chi connectivity index (χ2n) is 9.83. The van der Waals surface area contributed by atoms with Crippen molar-refractivity contribution in [2.45, 2.75) is 70.4 Å². The monoisotopic (exact) mass is 501 g/mol. The normalized spacial score (nSPS) is 18.1. The average molecular weight is 502 g/mol. The molecule has 0 bridgehead atoms. The Bertz CT molecular complexity index is 990. The number of alkyl halides is 3. The molecule has 0 unspecified atom stereocenters. The van der Waals surface area contributed by atoms with Gasteiger partial charge in [0.2, 0.25) is 0 Å². The summed E-state index contributed by atoms with van der Waals surface area (Å²) < 4.78 is 52.6. The highest BCUT2D eigenvalue weighted by molar-refractivity contribution is 7.80. The van der Waals surface area contributed by atoms with Crippen molar-refractivity contribution in [1.29, 1.82) is 0 Å². The predicted octanol–water partition coefficient (Wildman–Crippen LogP) is 7.01. The highest BCUT2D eigenvalue weighted by Gasteiger charge is 2.40. The van der Waals surface area contributed by atoms with Crippen LogP contribution in [0.2, 0.25) is 5.02 Å². The molecule has 33 heavy (non-hydrogen) atoms. The first-order valence-corrected chi connectivity index (χ1v) is 11.4. The lowest BCUT2D eigenvalue weighted by atomic mass is 9.79. The van der Waals surface area contributed by atoms with Crippen LogP contribution in [0, 0.1) is 5.82 Å². The first-order valence-electron chi connectivity index (χ1n) is 10.6. The van der Waals surface area contributed by atoms with Crippen molar-refractivity contribution in [2.75, 3.05) is 5.32 Å². The van der Waals surface area contributed by atoms with Gasteiger partial charge in [-0.3, -0.25) is 0 Å². The summed E-state index contributed by atoms with van der Waals surface area (Å²) in [5.74, 6) is -0.325. The van der Waals surface area contributed by atoms with Gasteiger partial charge in [-0.15, -0.1) is 0 Å². The van der Waals surface area contributed by atoms with Gasteiger partial charge < -0.3 is 15.5 Å². The Morgan fingerprint density at radius 3 is 2.18 bits per heavy atom. The van der Waals surface area contributed by atoms with Crippen LogP contribution in [0.4, 0.5) is 23.2 Å². The Morgan fingerprint density at radius 2 is 1.67 bits per heavy atom. The van der Waals surface area contributed by atoms with E-state index in [1.807, 2.05) is 4.90 Å². The highest BCUT2D eigenvalue weighted by atomic mass is 35.5. The van der Waals surface area contributed by atoms with Gasteiger partial charge in [0, 0.05) is 29.4 Å². The van der Waals surface area contributed by atoms with E-state index in [0.29, 0.717) is 17.3 Å². The van der Waals surface area contributed by atoms with Crippen LogP contribution in [-0.4, -0.2) is 27.1 Å². The molecule has 180 valence electrons. The molecule has 2 N–H and O–H groups in total. The molecule has 9 heteroatoms. The highest BCUT2D eigenvalue weighted by Crippen LogP contribution is 2.36. The molecule has 1 aliphatic heterocycles. The van der Waals surface area contributed by atoms with E-state index >= 15 is 0 Å². The van der Waals surface area contributed by atoms with Gasteiger partial charge in [0.25, 0.3) is 0 Å². The summed E-state index contributed by atoms with van der Waals surface area (Å²) in [4.78, 5) is 2.03. The first kappa shape index (κ1) is 25.7. The molecule has 1 aliphatic rings. The van der Waals surface area contributed by atoms with Gasteiger partial charge in [-0.1, -0.05) is 23.7 Å². The van der Waals surface area contributed by atoms with Crippen molar-refractivity contribution < 1.29 is 17.6 Å². The fourth-order valence-electron chi connectivity index (χ4n) is 4.66. The molecule has 0 radical (unpaired) electrons. The van der Waals surface area contributed by atoms with Crippen LogP contribution in [0.15, 0.2) is 42.5 Å². The van der Waals surface area contributed by atoms with Gasteiger partial charge in [0.15, 0.2) is 5.11 Å². The Labute approximate surface area is 202 Å². The molecule has 0 atom stereocenters. The van der Waals surface area contributed by atoms with E-state index in [0.717, 1.165) is 24.5 Å². The fourth-order valence-corrected chi connectivity index (χ4v) is 5.28. The third-order valence-electron chi connectivity index (χ3n) is 5.66. The minimum Gasteiger partial charge on any atom is -0.342 e. The summed E-state index contributed by atoms with van der Waals surface area (Å²) in [5, 5.41) is 6.67. The maximum absolute atomic E-state index is 13.4. The zero-order chi connectivity index (χ0) is 24.6. The number of benzene rings is 2. The Hall–Kier alpha value is -1.90. The molecule has 1 heterocycles. The molecule has 1 fully saturated rings. The van der Waals surface area contributed by atoms with E-state index in [2.05, 4.69) is 38.3 Å². The maximum Gasteiger partial charge on any atom is 0.417 e. The number of nitrogens with zero attached hydrogens (tertiary/aromatic N) is 1. The van der Waals surface area contributed by atoms with E-state index in [4.69, 9.17) is 23.8 Å². The molecule has 0 saturated carbocycles. The number of halogens is 5. The predicted molar refractivity (Wildman–Crippen MR) is 129 cm³/mol. The number of nitrogens with one attached hydrogen (secondary N) is 2. The molecule has 3 nitrogen and oxygen atoms in total. The van der Waals surface area contributed by atoms with Crippen LogP contribution < -0.4 is 10.6 Å². The molecule has 0 aromatic heterocycles. The fraction of sp³-hybridized carbons (Fsp3) is 0.458. The van der Waals surface area contributed by atoms with Crippen molar-refractivity contribution in [3.8, 4) is 0 Å². The van der Waals surface area contributed by atoms with Crippen LogP contribution in [0.1, 0.15) is 51.7 Å². The molecule has 0 aliphatic carbocycles. The van der Waals surface area contributed by atoms with Crippen molar-refractivity contribution in [1.82, 2.24) is 10.2 Å². The van der Waals surface area contributed by atoms with E-state index in [1.54, 1.807) is 12.1 Å².